The molecule has 1 aliphatic heterocycles. The van der Waals surface area contributed by atoms with E-state index in [4.69, 9.17) is 9.47 Å². The molecule has 1 heterocycles. The van der Waals surface area contributed by atoms with Gasteiger partial charge in [-0.25, -0.2) is 0 Å². The molecule has 4 atom stereocenters. The van der Waals surface area contributed by atoms with E-state index in [9.17, 15) is 25.4 Å². The molecule has 1 unspecified atom stereocenters. The molecule has 1 aromatic carbocycles. The van der Waals surface area contributed by atoms with Crippen LogP contribution in [0, 0.1) is 10.1 Å². The van der Waals surface area contributed by atoms with Crippen LogP contribution in [-0.2, 0) is 4.74 Å². The van der Waals surface area contributed by atoms with Crippen molar-refractivity contribution >= 4 is 5.69 Å². The summed E-state index contributed by atoms with van der Waals surface area (Å²) in [4.78, 5) is 10.2. The molecule has 0 aromatic heterocycles. The smallest absolute Gasteiger partial charge is 0.311 e. The second-order valence-corrected chi connectivity index (χ2v) is 4.09. The second-order valence-electron chi connectivity index (χ2n) is 4.09. The lowest BCUT2D eigenvalue weighted by Gasteiger charge is -2.34. The number of para-hydroxylation sites is 2. The van der Waals surface area contributed by atoms with Crippen LogP contribution >= 0.6 is 0 Å². The van der Waals surface area contributed by atoms with Crippen molar-refractivity contribution in [1.29, 1.82) is 0 Å². The van der Waals surface area contributed by atoms with E-state index in [1.54, 1.807) is 0 Å². The van der Waals surface area contributed by atoms with Crippen molar-refractivity contribution in [3.05, 3.63) is 34.4 Å². The van der Waals surface area contributed by atoms with Gasteiger partial charge in [-0.1, -0.05) is 12.1 Å². The highest BCUT2D eigenvalue weighted by atomic mass is 16.7. The Morgan fingerprint density at radius 2 is 1.95 bits per heavy atom. The number of benzene rings is 1. The molecule has 1 saturated heterocycles. The Bertz CT molecular complexity index is 466. The Kier molecular flexibility index (Phi) is 3.96. The fourth-order valence-corrected chi connectivity index (χ4v) is 1.72. The minimum atomic E-state index is -1.50. The third-order valence-electron chi connectivity index (χ3n) is 2.76. The molecule has 19 heavy (non-hydrogen) atoms. The standard InChI is InChI=1S/C11H13NO7/c13-7-5-18-11(10(15)9(7)14)19-8-4-2-1-3-6(8)12(16)17/h1-4,7,9-11,13-15H,5H2/t7-,9-,10?,11-/m0/s1. The molecule has 104 valence electrons. The minimum Gasteiger partial charge on any atom is -0.455 e. The van der Waals surface area contributed by atoms with Crippen molar-refractivity contribution in [3.8, 4) is 5.75 Å². The molecular weight excluding hydrogens is 258 g/mol. The summed E-state index contributed by atoms with van der Waals surface area (Å²) < 4.78 is 10.2. The molecule has 3 N–H and O–H groups in total. The molecular formula is C11H13NO7. The number of hydrogen-bond donors (Lipinski definition) is 3. The number of nitro groups is 1. The Morgan fingerprint density at radius 3 is 2.63 bits per heavy atom. The lowest BCUT2D eigenvalue weighted by Crippen LogP contribution is -2.54. The average molecular weight is 271 g/mol. The first-order chi connectivity index (χ1) is 9.00. The zero-order valence-corrected chi connectivity index (χ0v) is 9.75. The summed E-state index contributed by atoms with van der Waals surface area (Å²) in [5.41, 5.74) is -0.279. The highest BCUT2D eigenvalue weighted by Crippen LogP contribution is 2.29. The summed E-state index contributed by atoms with van der Waals surface area (Å²) in [6.07, 6.45) is -5.43. The molecule has 0 amide bonds. The first-order valence-corrected chi connectivity index (χ1v) is 5.56. The summed E-state index contributed by atoms with van der Waals surface area (Å²) >= 11 is 0. The lowest BCUT2D eigenvalue weighted by atomic mass is 10.1. The Balaban J connectivity index is 2.15. The topological polar surface area (TPSA) is 122 Å². The quantitative estimate of drug-likeness (QED) is 0.496. The van der Waals surface area contributed by atoms with E-state index in [1.165, 1.54) is 24.3 Å². The molecule has 0 bridgehead atoms. The Labute approximate surface area is 108 Å². The van der Waals surface area contributed by atoms with Crippen LogP contribution in [0.3, 0.4) is 0 Å². The number of ether oxygens (including phenoxy) is 2. The van der Waals surface area contributed by atoms with Gasteiger partial charge in [-0.15, -0.1) is 0 Å². The zero-order valence-electron chi connectivity index (χ0n) is 9.75. The third kappa shape index (κ3) is 2.82. The van der Waals surface area contributed by atoms with Crippen molar-refractivity contribution in [2.75, 3.05) is 6.61 Å². The van der Waals surface area contributed by atoms with Crippen LogP contribution in [0.15, 0.2) is 24.3 Å². The van der Waals surface area contributed by atoms with Crippen molar-refractivity contribution in [3.63, 3.8) is 0 Å². The molecule has 1 aliphatic rings. The normalized spacial score (nSPS) is 30.9. The van der Waals surface area contributed by atoms with Crippen LogP contribution in [0.5, 0.6) is 5.75 Å². The van der Waals surface area contributed by atoms with Gasteiger partial charge < -0.3 is 24.8 Å². The Hall–Kier alpha value is -1.74. The predicted molar refractivity (Wildman–Crippen MR) is 61.5 cm³/mol. The van der Waals surface area contributed by atoms with Gasteiger partial charge in [0, 0.05) is 6.07 Å². The zero-order chi connectivity index (χ0) is 14.0. The van der Waals surface area contributed by atoms with Gasteiger partial charge in [-0.3, -0.25) is 10.1 Å². The van der Waals surface area contributed by atoms with Crippen molar-refractivity contribution in [1.82, 2.24) is 0 Å². The van der Waals surface area contributed by atoms with Crippen LogP contribution in [-0.4, -0.2) is 51.5 Å². The largest absolute Gasteiger partial charge is 0.455 e. The molecule has 0 spiro atoms. The van der Waals surface area contributed by atoms with Crippen LogP contribution < -0.4 is 4.74 Å². The van der Waals surface area contributed by atoms with E-state index in [-0.39, 0.29) is 18.0 Å². The maximum absolute atomic E-state index is 10.8. The molecule has 2 rings (SSSR count). The fourth-order valence-electron chi connectivity index (χ4n) is 1.72. The van der Waals surface area contributed by atoms with E-state index in [0.29, 0.717) is 0 Å². The van der Waals surface area contributed by atoms with Gasteiger partial charge in [0.1, 0.15) is 18.3 Å². The monoisotopic (exact) mass is 271 g/mol. The van der Waals surface area contributed by atoms with E-state index in [2.05, 4.69) is 0 Å². The number of nitrogens with zero attached hydrogens (tertiary/aromatic N) is 1. The van der Waals surface area contributed by atoms with Crippen LogP contribution in [0.4, 0.5) is 5.69 Å². The first-order valence-electron chi connectivity index (χ1n) is 5.56. The third-order valence-corrected chi connectivity index (χ3v) is 2.76. The highest BCUT2D eigenvalue weighted by Gasteiger charge is 2.39. The van der Waals surface area contributed by atoms with Crippen LogP contribution in [0.2, 0.25) is 0 Å². The van der Waals surface area contributed by atoms with Gasteiger partial charge in [-0.2, -0.15) is 0 Å². The van der Waals surface area contributed by atoms with E-state index in [0.717, 1.165) is 0 Å². The van der Waals surface area contributed by atoms with Crippen molar-refractivity contribution in [2.45, 2.75) is 24.6 Å². The minimum absolute atomic E-state index is 0.0832. The van der Waals surface area contributed by atoms with Gasteiger partial charge in [0.15, 0.2) is 5.75 Å². The number of nitro benzene ring substituents is 1. The SMILES string of the molecule is O=[N+]([O-])c1ccccc1O[C@@H]1OC[C@H](O)[C@H](O)C1O. The molecule has 1 fully saturated rings. The molecule has 1 aromatic rings. The van der Waals surface area contributed by atoms with Crippen molar-refractivity contribution < 1.29 is 29.7 Å². The number of aliphatic hydroxyl groups excluding tert-OH is 3. The maximum Gasteiger partial charge on any atom is 0.311 e. The van der Waals surface area contributed by atoms with E-state index >= 15 is 0 Å². The highest BCUT2D eigenvalue weighted by molar-refractivity contribution is 5.45. The first kappa shape index (κ1) is 13.7. The summed E-state index contributed by atoms with van der Waals surface area (Å²) in [5.74, 6) is -0.0832. The van der Waals surface area contributed by atoms with Crippen LogP contribution in [0.1, 0.15) is 0 Å². The summed E-state index contributed by atoms with van der Waals surface area (Å²) in [5, 5.41) is 39.2. The number of aliphatic hydroxyl groups is 3. The van der Waals surface area contributed by atoms with Crippen molar-refractivity contribution in [2.24, 2.45) is 0 Å². The van der Waals surface area contributed by atoms with E-state index in [1.807, 2.05) is 0 Å². The van der Waals surface area contributed by atoms with Gasteiger partial charge in [0.25, 0.3) is 0 Å². The molecule has 8 heteroatoms. The maximum atomic E-state index is 10.8. The fraction of sp³-hybridized carbons (Fsp3) is 0.455. The molecule has 0 saturated carbocycles. The van der Waals surface area contributed by atoms with Gasteiger partial charge in [0.2, 0.25) is 6.29 Å². The summed E-state index contributed by atoms with van der Waals surface area (Å²) in [6, 6.07) is 5.60. The molecule has 0 radical (unpaired) electrons. The second kappa shape index (κ2) is 5.49. The van der Waals surface area contributed by atoms with E-state index < -0.39 is 29.5 Å². The summed E-state index contributed by atoms with van der Waals surface area (Å²) in [7, 11) is 0. The van der Waals surface area contributed by atoms with Crippen LogP contribution in [0.25, 0.3) is 0 Å². The van der Waals surface area contributed by atoms with Gasteiger partial charge in [0.05, 0.1) is 11.5 Å². The Morgan fingerprint density at radius 1 is 1.26 bits per heavy atom. The molecule has 0 aliphatic carbocycles. The predicted octanol–water partition coefficient (Wildman–Crippen LogP) is -0.587. The summed E-state index contributed by atoms with van der Waals surface area (Å²) in [6.45, 7) is -0.233. The average Bonchev–Trinajstić information content (AvgIpc) is 2.40. The number of hydrogen-bond acceptors (Lipinski definition) is 7. The van der Waals surface area contributed by atoms with Gasteiger partial charge >= 0.3 is 5.69 Å². The lowest BCUT2D eigenvalue weighted by molar-refractivity contribution is -0.386. The van der Waals surface area contributed by atoms with Gasteiger partial charge in [-0.05, 0) is 6.07 Å². The molecule has 8 nitrogen and oxygen atoms in total. The number of rotatable bonds is 3.